The van der Waals surface area contributed by atoms with Gasteiger partial charge in [-0.15, -0.1) is 11.6 Å². The maximum absolute atomic E-state index is 5.96. The lowest BCUT2D eigenvalue weighted by Crippen LogP contribution is -2.04. The molecule has 0 amide bonds. The van der Waals surface area contributed by atoms with Crippen molar-refractivity contribution in [3.8, 4) is 5.75 Å². The Labute approximate surface area is 126 Å². The topological polar surface area (TPSA) is 27.1 Å². The smallest absolute Gasteiger partial charge is 0.126 e. The number of halogens is 2. The van der Waals surface area contributed by atoms with Crippen molar-refractivity contribution >= 4 is 27.5 Å². The highest BCUT2D eigenvalue weighted by Gasteiger charge is 2.08. The largest absolute Gasteiger partial charge is 0.493 e. The summed E-state index contributed by atoms with van der Waals surface area (Å²) in [6.07, 6.45) is 4.70. The summed E-state index contributed by atoms with van der Waals surface area (Å²) < 4.78 is 8.71. The van der Waals surface area contributed by atoms with Gasteiger partial charge in [0.25, 0.3) is 0 Å². The molecule has 0 unspecified atom stereocenters. The van der Waals surface area contributed by atoms with E-state index < -0.39 is 0 Å². The molecule has 0 saturated carbocycles. The summed E-state index contributed by atoms with van der Waals surface area (Å²) in [6, 6.07) is 4.04. The summed E-state index contributed by atoms with van der Waals surface area (Å²) in [5.74, 6) is 1.34. The molecule has 0 radical (unpaired) electrons. The molecule has 2 aromatic rings. The van der Waals surface area contributed by atoms with Crippen LogP contribution in [0.15, 0.2) is 29.0 Å². The number of benzene rings is 1. The molecule has 1 heterocycles. The molecular weight excluding hydrogens is 328 g/mol. The standard InChI is InChI=1S/C14H16BrClN2O/c1-10-5-13(15)6-12(7-16)14(10)19-4-3-11-8-17-18(2)9-11/h5-6,8-9H,3-4,7H2,1-2H3. The molecule has 0 aliphatic heterocycles. The monoisotopic (exact) mass is 342 g/mol. The van der Waals surface area contributed by atoms with Gasteiger partial charge in [0, 0.05) is 29.7 Å². The molecule has 5 heteroatoms. The summed E-state index contributed by atoms with van der Waals surface area (Å²) in [6.45, 7) is 2.65. The van der Waals surface area contributed by atoms with E-state index in [1.807, 2.05) is 38.5 Å². The first-order valence-corrected chi connectivity index (χ1v) is 7.38. The number of ether oxygens (including phenoxy) is 1. The van der Waals surface area contributed by atoms with E-state index in [0.717, 1.165) is 27.8 Å². The predicted octanol–water partition coefficient (Wildman–Crippen LogP) is 3.85. The molecule has 0 fully saturated rings. The Hall–Kier alpha value is -1.00. The molecule has 0 spiro atoms. The van der Waals surface area contributed by atoms with Gasteiger partial charge in [-0.3, -0.25) is 4.68 Å². The van der Waals surface area contributed by atoms with Gasteiger partial charge in [0.1, 0.15) is 5.75 Å². The van der Waals surface area contributed by atoms with Gasteiger partial charge in [-0.25, -0.2) is 0 Å². The maximum Gasteiger partial charge on any atom is 0.126 e. The van der Waals surface area contributed by atoms with Crippen LogP contribution < -0.4 is 4.74 Å². The van der Waals surface area contributed by atoms with E-state index in [0.29, 0.717) is 12.5 Å². The van der Waals surface area contributed by atoms with Crippen LogP contribution in [0.25, 0.3) is 0 Å². The molecule has 0 saturated heterocycles. The van der Waals surface area contributed by atoms with Crippen LogP contribution in [0.4, 0.5) is 0 Å². The minimum absolute atomic E-state index is 0.447. The Morgan fingerprint density at radius 2 is 2.21 bits per heavy atom. The number of hydrogen-bond donors (Lipinski definition) is 0. The highest BCUT2D eigenvalue weighted by molar-refractivity contribution is 9.10. The molecule has 0 aliphatic carbocycles. The van der Waals surface area contributed by atoms with E-state index >= 15 is 0 Å². The number of aromatic nitrogens is 2. The quantitative estimate of drug-likeness (QED) is 0.771. The van der Waals surface area contributed by atoms with E-state index in [-0.39, 0.29) is 0 Å². The van der Waals surface area contributed by atoms with Gasteiger partial charge in [0.2, 0.25) is 0 Å². The van der Waals surface area contributed by atoms with Crippen molar-refractivity contribution in [2.24, 2.45) is 7.05 Å². The zero-order chi connectivity index (χ0) is 13.8. The van der Waals surface area contributed by atoms with Gasteiger partial charge in [-0.05, 0) is 30.2 Å². The fourth-order valence-electron chi connectivity index (χ4n) is 1.98. The molecule has 2 rings (SSSR count). The van der Waals surface area contributed by atoms with E-state index in [4.69, 9.17) is 16.3 Å². The fraction of sp³-hybridized carbons (Fsp3) is 0.357. The van der Waals surface area contributed by atoms with E-state index in [1.165, 1.54) is 5.56 Å². The predicted molar refractivity (Wildman–Crippen MR) is 80.8 cm³/mol. The lowest BCUT2D eigenvalue weighted by Gasteiger charge is -2.13. The van der Waals surface area contributed by atoms with Gasteiger partial charge >= 0.3 is 0 Å². The highest BCUT2D eigenvalue weighted by atomic mass is 79.9. The molecule has 102 valence electrons. The molecule has 3 nitrogen and oxygen atoms in total. The third-order valence-corrected chi connectivity index (χ3v) is 3.60. The molecule has 19 heavy (non-hydrogen) atoms. The van der Waals surface area contributed by atoms with Crippen molar-refractivity contribution in [2.45, 2.75) is 19.2 Å². The Kier molecular flexibility index (Phi) is 4.88. The van der Waals surface area contributed by atoms with E-state index in [1.54, 1.807) is 4.68 Å². The van der Waals surface area contributed by atoms with Crippen molar-refractivity contribution in [2.75, 3.05) is 6.61 Å². The normalized spacial score (nSPS) is 10.7. The van der Waals surface area contributed by atoms with Gasteiger partial charge in [0.15, 0.2) is 0 Å². The second kappa shape index (κ2) is 6.44. The average molecular weight is 344 g/mol. The molecular formula is C14H16BrClN2O. The lowest BCUT2D eigenvalue weighted by atomic mass is 10.1. The van der Waals surface area contributed by atoms with Crippen LogP contribution in [-0.2, 0) is 19.3 Å². The Morgan fingerprint density at radius 1 is 1.42 bits per heavy atom. The SMILES string of the molecule is Cc1cc(Br)cc(CCl)c1OCCc1cnn(C)c1. The Bertz CT molecular complexity index is 569. The molecule has 0 aliphatic rings. The van der Waals surface area contributed by atoms with Crippen LogP contribution in [0.2, 0.25) is 0 Å². The van der Waals surface area contributed by atoms with Gasteiger partial charge in [0.05, 0.1) is 18.7 Å². The van der Waals surface area contributed by atoms with E-state index in [2.05, 4.69) is 21.0 Å². The molecule has 0 atom stereocenters. The van der Waals surface area contributed by atoms with Gasteiger partial charge in [-0.1, -0.05) is 15.9 Å². The van der Waals surface area contributed by atoms with Gasteiger partial charge in [-0.2, -0.15) is 5.10 Å². The summed E-state index contributed by atoms with van der Waals surface area (Å²) in [5, 5.41) is 4.14. The van der Waals surface area contributed by atoms with Crippen molar-refractivity contribution in [3.05, 3.63) is 45.7 Å². The third kappa shape index (κ3) is 3.74. The number of hydrogen-bond acceptors (Lipinski definition) is 2. The number of aryl methyl sites for hydroxylation is 2. The highest BCUT2D eigenvalue weighted by Crippen LogP contribution is 2.29. The molecule has 0 bridgehead atoms. The lowest BCUT2D eigenvalue weighted by molar-refractivity contribution is 0.317. The average Bonchev–Trinajstić information content (AvgIpc) is 2.77. The first-order valence-electron chi connectivity index (χ1n) is 6.05. The Balaban J connectivity index is 2.03. The molecule has 0 N–H and O–H groups in total. The first kappa shape index (κ1) is 14.4. The second-order valence-corrected chi connectivity index (χ2v) is 5.65. The van der Waals surface area contributed by atoms with Gasteiger partial charge < -0.3 is 4.74 Å². The second-order valence-electron chi connectivity index (χ2n) is 4.47. The minimum Gasteiger partial charge on any atom is -0.493 e. The zero-order valence-electron chi connectivity index (χ0n) is 11.0. The summed E-state index contributed by atoms with van der Waals surface area (Å²) in [4.78, 5) is 0. The fourth-order valence-corrected chi connectivity index (χ4v) is 2.80. The van der Waals surface area contributed by atoms with Crippen LogP contribution in [0.1, 0.15) is 16.7 Å². The summed E-state index contributed by atoms with van der Waals surface area (Å²) >= 11 is 9.43. The van der Waals surface area contributed by atoms with Crippen LogP contribution in [-0.4, -0.2) is 16.4 Å². The minimum atomic E-state index is 0.447. The number of alkyl halides is 1. The van der Waals surface area contributed by atoms with Crippen molar-refractivity contribution in [3.63, 3.8) is 0 Å². The Morgan fingerprint density at radius 3 is 2.84 bits per heavy atom. The molecule has 1 aromatic heterocycles. The zero-order valence-corrected chi connectivity index (χ0v) is 13.3. The van der Waals surface area contributed by atoms with Crippen LogP contribution in [0.3, 0.4) is 0 Å². The maximum atomic E-state index is 5.96. The number of nitrogens with zero attached hydrogens (tertiary/aromatic N) is 2. The number of rotatable bonds is 5. The summed E-state index contributed by atoms with van der Waals surface area (Å²) in [5.41, 5.74) is 3.28. The summed E-state index contributed by atoms with van der Waals surface area (Å²) in [7, 11) is 1.91. The molecule has 1 aromatic carbocycles. The van der Waals surface area contributed by atoms with Crippen molar-refractivity contribution < 1.29 is 4.74 Å². The van der Waals surface area contributed by atoms with Crippen LogP contribution >= 0.6 is 27.5 Å². The first-order chi connectivity index (χ1) is 9.10. The van der Waals surface area contributed by atoms with Crippen molar-refractivity contribution in [1.82, 2.24) is 9.78 Å². The van der Waals surface area contributed by atoms with Crippen molar-refractivity contribution in [1.29, 1.82) is 0 Å². The van der Waals surface area contributed by atoms with E-state index in [9.17, 15) is 0 Å². The van der Waals surface area contributed by atoms with Crippen LogP contribution in [0, 0.1) is 6.92 Å². The van der Waals surface area contributed by atoms with Crippen LogP contribution in [0.5, 0.6) is 5.75 Å². The third-order valence-electron chi connectivity index (χ3n) is 2.86.